The summed E-state index contributed by atoms with van der Waals surface area (Å²) in [5.74, 6) is 1.25. The van der Waals surface area contributed by atoms with Crippen molar-refractivity contribution in [1.82, 2.24) is 9.97 Å². The van der Waals surface area contributed by atoms with E-state index in [-0.39, 0.29) is 18.9 Å². The van der Waals surface area contributed by atoms with Gasteiger partial charge < -0.3 is 15.4 Å². The number of ether oxygens (including phenoxy) is 1. The zero-order valence-corrected chi connectivity index (χ0v) is 17.9. The first-order valence-corrected chi connectivity index (χ1v) is 10.5. The number of hydrogen-bond acceptors (Lipinski definition) is 5. The molecule has 4 aromatic rings. The number of rotatable bonds is 8. The molecule has 32 heavy (non-hydrogen) atoms. The van der Waals surface area contributed by atoms with Gasteiger partial charge in [0.05, 0.1) is 18.7 Å². The molecule has 0 bridgehead atoms. The average molecular weight is 445 g/mol. The number of benzene rings is 3. The first kappa shape index (κ1) is 21.3. The van der Waals surface area contributed by atoms with Crippen molar-refractivity contribution in [1.29, 1.82) is 0 Å². The number of aromatic nitrogens is 2. The fraction of sp³-hybridized carbons (Fsp3) is 0.0800. The molecule has 0 radical (unpaired) electrons. The summed E-state index contributed by atoms with van der Waals surface area (Å²) >= 11 is 5.84. The lowest BCUT2D eigenvalue weighted by Crippen LogP contribution is -2.15. The zero-order valence-electron chi connectivity index (χ0n) is 17.2. The number of amides is 1. The quantitative estimate of drug-likeness (QED) is 0.351. The first-order chi connectivity index (χ1) is 15.7. The topological polar surface area (TPSA) is 76.1 Å². The van der Waals surface area contributed by atoms with Crippen LogP contribution in [0.5, 0.6) is 5.75 Å². The Morgan fingerprint density at radius 2 is 1.59 bits per heavy atom. The van der Waals surface area contributed by atoms with Gasteiger partial charge in [0.15, 0.2) is 0 Å². The van der Waals surface area contributed by atoms with Crippen LogP contribution in [0, 0.1) is 0 Å². The number of carbonyl (C=O) groups is 1. The lowest BCUT2D eigenvalue weighted by atomic mass is 10.1. The highest BCUT2D eigenvalue weighted by Crippen LogP contribution is 2.22. The molecule has 0 atom stereocenters. The molecule has 0 aliphatic carbocycles. The minimum Gasteiger partial charge on any atom is -0.493 e. The Balaban J connectivity index is 1.28. The Labute approximate surface area is 191 Å². The Morgan fingerprint density at radius 1 is 0.875 bits per heavy atom. The molecule has 0 fully saturated rings. The monoisotopic (exact) mass is 444 g/mol. The van der Waals surface area contributed by atoms with E-state index in [0.29, 0.717) is 22.3 Å². The fourth-order valence-corrected chi connectivity index (χ4v) is 3.12. The maximum absolute atomic E-state index is 12.2. The van der Waals surface area contributed by atoms with Crippen molar-refractivity contribution in [2.75, 3.05) is 17.2 Å². The fourth-order valence-electron chi connectivity index (χ4n) is 2.99. The summed E-state index contributed by atoms with van der Waals surface area (Å²) in [6.45, 7) is 0.282. The highest BCUT2D eigenvalue weighted by atomic mass is 35.5. The van der Waals surface area contributed by atoms with Crippen molar-refractivity contribution in [2.24, 2.45) is 0 Å². The van der Waals surface area contributed by atoms with Crippen LogP contribution in [0.1, 0.15) is 6.42 Å². The molecule has 0 aliphatic rings. The molecular weight excluding hydrogens is 424 g/mol. The van der Waals surface area contributed by atoms with Crippen LogP contribution in [-0.4, -0.2) is 22.5 Å². The second kappa shape index (κ2) is 10.4. The van der Waals surface area contributed by atoms with Crippen LogP contribution in [0.2, 0.25) is 5.02 Å². The smallest absolute Gasteiger partial charge is 0.227 e. The van der Waals surface area contributed by atoms with Crippen LogP contribution in [0.4, 0.5) is 17.2 Å². The van der Waals surface area contributed by atoms with Gasteiger partial charge in [-0.3, -0.25) is 4.79 Å². The number of anilines is 3. The minimum atomic E-state index is -0.122. The van der Waals surface area contributed by atoms with Crippen molar-refractivity contribution in [3.63, 3.8) is 0 Å². The summed E-state index contributed by atoms with van der Waals surface area (Å²) in [6.07, 6.45) is 1.77. The van der Waals surface area contributed by atoms with E-state index < -0.39 is 0 Å². The Hall–Kier alpha value is -3.90. The molecule has 2 N–H and O–H groups in total. The third-order valence-electron chi connectivity index (χ3n) is 4.59. The molecule has 6 nitrogen and oxygen atoms in total. The van der Waals surface area contributed by atoms with E-state index in [1.165, 1.54) is 6.33 Å². The van der Waals surface area contributed by atoms with Crippen molar-refractivity contribution < 1.29 is 9.53 Å². The number of carbonyl (C=O) groups excluding carboxylic acids is 1. The highest BCUT2D eigenvalue weighted by Gasteiger charge is 2.05. The summed E-state index contributed by atoms with van der Waals surface area (Å²) in [7, 11) is 0. The molecule has 1 heterocycles. The van der Waals surface area contributed by atoms with Crippen molar-refractivity contribution in [3.8, 4) is 17.0 Å². The van der Waals surface area contributed by atoms with Gasteiger partial charge in [0, 0.05) is 28.0 Å². The normalized spacial score (nSPS) is 10.4. The summed E-state index contributed by atoms with van der Waals surface area (Å²) < 4.78 is 5.55. The number of halogens is 1. The summed E-state index contributed by atoms with van der Waals surface area (Å²) in [4.78, 5) is 20.8. The van der Waals surface area contributed by atoms with E-state index in [9.17, 15) is 4.79 Å². The lowest BCUT2D eigenvalue weighted by molar-refractivity contribution is -0.116. The molecule has 3 aromatic carbocycles. The van der Waals surface area contributed by atoms with E-state index in [4.69, 9.17) is 16.3 Å². The number of hydrogen-bond donors (Lipinski definition) is 2. The van der Waals surface area contributed by atoms with Gasteiger partial charge in [0.25, 0.3) is 0 Å². The average Bonchev–Trinajstić information content (AvgIpc) is 2.82. The van der Waals surface area contributed by atoms with E-state index in [2.05, 4.69) is 20.6 Å². The molecule has 0 spiro atoms. The van der Waals surface area contributed by atoms with Crippen molar-refractivity contribution in [2.45, 2.75) is 6.42 Å². The molecule has 1 amide bonds. The number of nitrogens with one attached hydrogen (secondary N) is 2. The standard InChI is InChI=1S/C25H21ClN4O2/c26-19-6-12-22(13-7-19)32-15-14-25(31)30-21-10-8-20(9-11-21)29-24-16-23(27-17-28-24)18-4-2-1-3-5-18/h1-13,16-17H,14-15H2,(H,30,31)(H,27,28,29). The third-order valence-corrected chi connectivity index (χ3v) is 4.84. The van der Waals surface area contributed by atoms with Crippen LogP contribution in [0.15, 0.2) is 91.3 Å². The van der Waals surface area contributed by atoms with Gasteiger partial charge >= 0.3 is 0 Å². The molecule has 0 saturated heterocycles. The Bertz CT molecular complexity index is 1170. The van der Waals surface area contributed by atoms with E-state index in [1.807, 2.05) is 60.7 Å². The predicted molar refractivity (Wildman–Crippen MR) is 127 cm³/mol. The van der Waals surface area contributed by atoms with E-state index >= 15 is 0 Å². The molecule has 0 saturated carbocycles. The van der Waals surface area contributed by atoms with Gasteiger partial charge in [-0.2, -0.15) is 0 Å². The molecule has 1 aromatic heterocycles. The van der Waals surface area contributed by atoms with Crippen LogP contribution in [-0.2, 0) is 4.79 Å². The Morgan fingerprint density at radius 3 is 2.34 bits per heavy atom. The van der Waals surface area contributed by atoms with Crippen molar-refractivity contribution >= 4 is 34.7 Å². The third kappa shape index (κ3) is 6.06. The molecule has 7 heteroatoms. The predicted octanol–water partition coefficient (Wildman–Crippen LogP) is 5.95. The minimum absolute atomic E-state index is 0.122. The highest BCUT2D eigenvalue weighted by molar-refractivity contribution is 6.30. The maximum Gasteiger partial charge on any atom is 0.227 e. The maximum atomic E-state index is 12.2. The Kier molecular flexibility index (Phi) is 6.94. The summed E-state index contributed by atoms with van der Waals surface area (Å²) in [5, 5.41) is 6.77. The molecule has 0 aliphatic heterocycles. The van der Waals surface area contributed by atoms with Gasteiger partial charge in [0.1, 0.15) is 17.9 Å². The van der Waals surface area contributed by atoms with E-state index in [0.717, 1.165) is 16.9 Å². The largest absolute Gasteiger partial charge is 0.493 e. The van der Waals surface area contributed by atoms with E-state index in [1.54, 1.807) is 24.3 Å². The van der Waals surface area contributed by atoms with Gasteiger partial charge in [-0.05, 0) is 48.5 Å². The SMILES string of the molecule is O=C(CCOc1ccc(Cl)cc1)Nc1ccc(Nc2cc(-c3ccccc3)ncn2)cc1. The van der Waals surface area contributed by atoms with Gasteiger partial charge in [-0.15, -0.1) is 0 Å². The van der Waals surface area contributed by atoms with Gasteiger partial charge in [-0.25, -0.2) is 9.97 Å². The second-order valence-electron chi connectivity index (χ2n) is 6.96. The van der Waals surface area contributed by atoms with Gasteiger partial charge in [-0.1, -0.05) is 41.9 Å². The lowest BCUT2D eigenvalue weighted by Gasteiger charge is -2.10. The summed E-state index contributed by atoms with van der Waals surface area (Å²) in [5.41, 5.74) is 3.43. The summed E-state index contributed by atoms with van der Waals surface area (Å²) in [6, 6.07) is 26.3. The first-order valence-electron chi connectivity index (χ1n) is 10.1. The molecule has 4 rings (SSSR count). The van der Waals surface area contributed by atoms with Crippen LogP contribution in [0.25, 0.3) is 11.3 Å². The van der Waals surface area contributed by atoms with Crippen LogP contribution < -0.4 is 15.4 Å². The van der Waals surface area contributed by atoms with Crippen molar-refractivity contribution in [3.05, 3.63) is 96.3 Å². The van der Waals surface area contributed by atoms with Gasteiger partial charge in [0.2, 0.25) is 5.91 Å². The number of nitrogens with zero attached hydrogens (tertiary/aromatic N) is 2. The van der Waals surface area contributed by atoms with Crippen LogP contribution in [0.3, 0.4) is 0 Å². The molecular formula is C25H21ClN4O2. The molecule has 160 valence electrons. The zero-order chi connectivity index (χ0) is 22.2. The van der Waals surface area contributed by atoms with Crippen LogP contribution >= 0.6 is 11.6 Å². The second-order valence-corrected chi connectivity index (χ2v) is 7.39. The molecule has 0 unspecified atom stereocenters.